The molecule has 1 aliphatic heterocycles. The number of methoxy groups -OCH3 is 1. The first-order valence-corrected chi connectivity index (χ1v) is 10.9. The number of benzene rings is 2. The van der Waals surface area contributed by atoms with Crippen LogP contribution >= 0.6 is 11.8 Å². The summed E-state index contributed by atoms with van der Waals surface area (Å²) in [6.07, 6.45) is -2.89. The van der Waals surface area contributed by atoms with Crippen LogP contribution in [-0.4, -0.2) is 47.0 Å². The van der Waals surface area contributed by atoms with Gasteiger partial charge in [-0.3, -0.25) is 14.5 Å². The monoisotopic (exact) mass is 477 g/mol. The second-order valence-electron chi connectivity index (χ2n) is 7.17. The summed E-state index contributed by atoms with van der Waals surface area (Å²) >= 11 is 0.932. The van der Waals surface area contributed by atoms with Crippen molar-refractivity contribution in [3.05, 3.63) is 71.4 Å². The van der Waals surface area contributed by atoms with Gasteiger partial charge in [-0.05, 0) is 36.3 Å². The van der Waals surface area contributed by atoms with Crippen LogP contribution in [0.15, 0.2) is 65.3 Å². The van der Waals surface area contributed by atoms with Gasteiger partial charge in [-0.25, -0.2) is 4.99 Å². The van der Waals surface area contributed by atoms with Crippen molar-refractivity contribution in [1.82, 2.24) is 10.2 Å². The lowest BCUT2D eigenvalue weighted by atomic mass is 10.1. The number of hydrogen-bond acceptors (Lipinski definition) is 5. The molecular formula is C23H22F3N3O3S. The quantitative estimate of drug-likeness (QED) is 0.606. The molecule has 174 valence electrons. The molecule has 1 unspecified atom stereocenters. The Morgan fingerprint density at radius 2 is 1.85 bits per heavy atom. The molecule has 0 saturated heterocycles. The minimum absolute atomic E-state index is 0.168. The average molecular weight is 478 g/mol. The Balaban J connectivity index is 1.83. The predicted octanol–water partition coefficient (Wildman–Crippen LogP) is 4.23. The molecule has 33 heavy (non-hydrogen) atoms. The van der Waals surface area contributed by atoms with Gasteiger partial charge >= 0.3 is 6.18 Å². The van der Waals surface area contributed by atoms with Crippen molar-refractivity contribution in [2.24, 2.45) is 4.99 Å². The normalized spacial score (nSPS) is 16.0. The fourth-order valence-electron chi connectivity index (χ4n) is 2.93. The van der Waals surface area contributed by atoms with Crippen LogP contribution in [0.1, 0.15) is 18.1 Å². The lowest BCUT2D eigenvalue weighted by Crippen LogP contribution is -2.39. The van der Waals surface area contributed by atoms with E-state index >= 15 is 0 Å². The van der Waals surface area contributed by atoms with Crippen molar-refractivity contribution in [2.45, 2.75) is 24.9 Å². The summed E-state index contributed by atoms with van der Waals surface area (Å²) in [6.45, 7) is 0.260. The smallest absolute Gasteiger partial charge is 0.405 e. The van der Waals surface area contributed by atoms with Crippen LogP contribution in [-0.2, 0) is 16.1 Å². The first-order valence-electron chi connectivity index (χ1n) is 9.97. The maximum atomic E-state index is 13.1. The molecule has 2 amide bonds. The third-order valence-corrected chi connectivity index (χ3v) is 5.72. The molecule has 0 aliphatic carbocycles. The molecule has 2 aromatic rings. The second kappa shape index (κ2) is 10.6. The summed E-state index contributed by atoms with van der Waals surface area (Å²) in [7, 11) is 1.55. The third-order valence-electron chi connectivity index (χ3n) is 4.63. The number of thioether (sulfide) groups is 1. The van der Waals surface area contributed by atoms with E-state index in [0.717, 1.165) is 22.9 Å². The Labute approximate surface area is 193 Å². The lowest BCUT2D eigenvalue weighted by Gasteiger charge is -2.20. The molecule has 0 fully saturated rings. The number of alkyl halides is 3. The highest BCUT2D eigenvalue weighted by Gasteiger charge is 2.34. The highest BCUT2D eigenvalue weighted by atomic mass is 32.2. The molecule has 0 saturated carbocycles. The molecule has 2 aromatic carbocycles. The first kappa shape index (κ1) is 24.4. The highest BCUT2D eigenvalue weighted by molar-refractivity contribution is 8.14. The third kappa shape index (κ3) is 6.85. The van der Waals surface area contributed by atoms with E-state index in [0.29, 0.717) is 5.75 Å². The number of aliphatic imine (C=N–C) groups is 1. The molecule has 6 nitrogen and oxygen atoms in total. The van der Waals surface area contributed by atoms with Gasteiger partial charge < -0.3 is 10.1 Å². The van der Waals surface area contributed by atoms with Gasteiger partial charge in [-0.15, -0.1) is 0 Å². The van der Waals surface area contributed by atoms with Gasteiger partial charge in [0.15, 0.2) is 5.17 Å². The molecular weight excluding hydrogens is 455 g/mol. The maximum Gasteiger partial charge on any atom is 0.405 e. The second-order valence-corrected chi connectivity index (χ2v) is 8.48. The van der Waals surface area contributed by atoms with Crippen LogP contribution in [0.2, 0.25) is 0 Å². The van der Waals surface area contributed by atoms with E-state index < -0.39 is 23.9 Å². The summed E-state index contributed by atoms with van der Waals surface area (Å²) in [4.78, 5) is 31.1. The zero-order valence-electron chi connectivity index (χ0n) is 17.9. The molecule has 10 heteroatoms. The fourth-order valence-corrected chi connectivity index (χ4v) is 3.86. The zero-order chi connectivity index (χ0) is 24.0. The van der Waals surface area contributed by atoms with Crippen LogP contribution in [0, 0.1) is 0 Å². The van der Waals surface area contributed by atoms with Crippen molar-refractivity contribution in [2.75, 3.05) is 13.7 Å². The van der Waals surface area contributed by atoms with Crippen molar-refractivity contribution in [3.63, 3.8) is 0 Å². The van der Waals surface area contributed by atoms with Gasteiger partial charge in [0.25, 0.3) is 5.91 Å². The Hall–Kier alpha value is -3.27. The summed E-state index contributed by atoms with van der Waals surface area (Å²) in [6, 6.07) is 16.3. The van der Waals surface area contributed by atoms with E-state index in [1.165, 1.54) is 11.8 Å². The summed E-state index contributed by atoms with van der Waals surface area (Å²) in [5.41, 5.74) is 1.74. The zero-order valence-corrected chi connectivity index (χ0v) is 18.7. The Kier molecular flexibility index (Phi) is 7.80. The lowest BCUT2D eigenvalue weighted by molar-refractivity contribution is -0.137. The number of nitrogens with zero attached hydrogens (tertiary/aromatic N) is 2. The molecule has 0 aromatic heterocycles. The minimum Gasteiger partial charge on any atom is -0.497 e. The average Bonchev–Trinajstić information content (AvgIpc) is 3.07. The van der Waals surface area contributed by atoms with Crippen LogP contribution < -0.4 is 10.1 Å². The van der Waals surface area contributed by atoms with Crippen molar-refractivity contribution in [1.29, 1.82) is 0 Å². The number of ether oxygens (including phenoxy) is 1. The largest absolute Gasteiger partial charge is 0.497 e. The number of carbonyl (C=O) groups excluding carboxylic acids is 2. The van der Waals surface area contributed by atoms with Crippen molar-refractivity contribution in [3.8, 4) is 5.75 Å². The van der Waals surface area contributed by atoms with E-state index in [2.05, 4.69) is 4.99 Å². The maximum absolute atomic E-state index is 13.1. The van der Waals surface area contributed by atoms with Crippen LogP contribution in [0.25, 0.3) is 6.08 Å². The van der Waals surface area contributed by atoms with E-state index in [1.807, 2.05) is 35.6 Å². The number of amidine groups is 1. The molecule has 0 radical (unpaired) electrons. The Morgan fingerprint density at radius 3 is 2.45 bits per heavy atom. The van der Waals surface area contributed by atoms with Crippen LogP contribution in [0.4, 0.5) is 13.2 Å². The van der Waals surface area contributed by atoms with E-state index in [9.17, 15) is 22.8 Å². The topological polar surface area (TPSA) is 71.0 Å². The van der Waals surface area contributed by atoms with Crippen molar-refractivity contribution >= 4 is 34.8 Å². The van der Waals surface area contributed by atoms with Gasteiger partial charge in [0.2, 0.25) is 5.91 Å². The number of carbonyl (C=O) groups is 2. The number of rotatable bonds is 7. The fraction of sp³-hybridized carbons (Fsp3) is 0.261. The summed E-state index contributed by atoms with van der Waals surface area (Å²) < 4.78 is 42.4. The minimum atomic E-state index is -4.51. The van der Waals surface area contributed by atoms with Gasteiger partial charge in [0.05, 0.1) is 18.9 Å². The van der Waals surface area contributed by atoms with Gasteiger partial charge in [0, 0.05) is 0 Å². The number of halogens is 3. The highest BCUT2D eigenvalue weighted by Crippen LogP contribution is 2.28. The van der Waals surface area contributed by atoms with E-state index in [1.54, 1.807) is 37.5 Å². The molecule has 1 N–H and O–H groups in total. The summed E-state index contributed by atoms with van der Waals surface area (Å²) in [5, 5.41) is 1.22. The Bertz CT molecular complexity index is 1050. The molecule has 3 rings (SSSR count). The van der Waals surface area contributed by atoms with Gasteiger partial charge in [-0.2, -0.15) is 13.2 Å². The van der Waals surface area contributed by atoms with Crippen molar-refractivity contribution < 1.29 is 27.5 Å². The number of amides is 2. The van der Waals surface area contributed by atoms with Crippen LogP contribution in [0.3, 0.4) is 0 Å². The summed E-state index contributed by atoms with van der Waals surface area (Å²) in [5.74, 6) is -0.487. The first-order chi connectivity index (χ1) is 15.7. The van der Waals surface area contributed by atoms with Gasteiger partial charge in [-0.1, -0.05) is 54.2 Å². The predicted molar refractivity (Wildman–Crippen MR) is 122 cm³/mol. The van der Waals surface area contributed by atoms with Crippen LogP contribution in [0.5, 0.6) is 5.75 Å². The SMILES string of the molecule is COc1ccc(/C=C2\N=C(SC(C)C(=O)NCC(F)(F)F)N(Cc3ccccc3)C2=O)cc1. The number of nitrogens with one attached hydrogen (secondary N) is 1. The van der Waals surface area contributed by atoms with E-state index in [4.69, 9.17) is 4.74 Å². The molecule has 1 aliphatic rings. The standard InChI is InChI=1S/C23H22F3N3O3S/c1-15(20(30)27-14-23(24,25)26)33-22-28-19(12-16-8-10-18(32-2)11-9-16)21(31)29(22)13-17-6-4-3-5-7-17/h3-12,15H,13-14H2,1-2H3,(H,27,30)/b19-12-. The van der Waals surface area contributed by atoms with E-state index in [-0.39, 0.29) is 23.3 Å². The number of hydrogen-bond donors (Lipinski definition) is 1. The molecule has 1 heterocycles. The Morgan fingerprint density at radius 1 is 1.18 bits per heavy atom. The molecule has 0 bridgehead atoms. The molecule has 0 spiro atoms. The molecule has 1 atom stereocenters. The van der Waals surface area contributed by atoms with Gasteiger partial charge in [0.1, 0.15) is 18.0 Å².